The van der Waals surface area contributed by atoms with Gasteiger partial charge >= 0.3 is 5.69 Å². The molecule has 0 radical (unpaired) electrons. The topological polar surface area (TPSA) is 141 Å². The molecule has 0 saturated heterocycles. The number of nitrogens with zero attached hydrogens (tertiary/aromatic N) is 1. The minimum atomic E-state index is -1.32. The van der Waals surface area contributed by atoms with Crippen LogP contribution in [0.3, 0.4) is 0 Å². The third-order valence-corrected chi connectivity index (χ3v) is 6.53. The molecular formula is C27H13NO8. The van der Waals surface area contributed by atoms with E-state index in [1.807, 2.05) is 0 Å². The number of phenols is 1. The van der Waals surface area contributed by atoms with Crippen LogP contribution in [0.1, 0.15) is 52.9 Å². The number of phenolic OH excluding ortho intramolecular Hbond substituents is 1. The smallest absolute Gasteiger partial charge is 0.310 e. The summed E-state index contributed by atoms with van der Waals surface area (Å²) in [5.41, 5.74) is -0.649. The molecule has 0 bridgehead atoms. The molecule has 0 atom stereocenters. The van der Waals surface area contributed by atoms with Gasteiger partial charge in [0.15, 0.2) is 28.8 Å². The Balaban J connectivity index is 1.66. The number of benzene rings is 3. The number of carbonyl (C=O) groups excluding carboxylic acids is 4. The summed E-state index contributed by atoms with van der Waals surface area (Å²) in [5, 5.41) is 21.5. The molecule has 1 N–H and O–H groups in total. The van der Waals surface area contributed by atoms with Crippen molar-refractivity contribution >= 4 is 28.8 Å². The van der Waals surface area contributed by atoms with Gasteiger partial charge in [-0.05, 0) is 11.6 Å². The van der Waals surface area contributed by atoms with E-state index in [9.17, 15) is 34.4 Å². The summed E-state index contributed by atoms with van der Waals surface area (Å²) in [7, 11) is 0. The highest BCUT2D eigenvalue weighted by Gasteiger charge is 2.49. The van der Waals surface area contributed by atoms with Crippen molar-refractivity contribution in [3.05, 3.63) is 127 Å². The Hall–Kier alpha value is -5.18. The summed E-state index contributed by atoms with van der Waals surface area (Å²) in [5.74, 6) is -5.26. The number of hydrogen-bond acceptors (Lipinski definition) is 8. The van der Waals surface area contributed by atoms with E-state index in [2.05, 4.69) is 0 Å². The number of rotatable bonds is 2. The Morgan fingerprint density at radius 3 is 1.58 bits per heavy atom. The maximum absolute atomic E-state index is 13.7. The zero-order valence-corrected chi connectivity index (χ0v) is 18.2. The van der Waals surface area contributed by atoms with Crippen LogP contribution in [0.4, 0.5) is 5.69 Å². The van der Waals surface area contributed by atoms with E-state index in [-0.39, 0.29) is 39.0 Å². The first kappa shape index (κ1) is 21.4. The van der Waals surface area contributed by atoms with Gasteiger partial charge in [-0.3, -0.25) is 29.3 Å². The quantitative estimate of drug-likeness (QED) is 0.428. The van der Waals surface area contributed by atoms with Crippen molar-refractivity contribution in [2.45, 2.75) is 5.92 Å². The predicted octanol–water partition coefficient (Wildman–Crippen LogP) is 4.08. The number of carbonyl (C=O) groups is 4. The van der Waals surface area contributed by atoms with E-state index in [0.29, 0.717) is 0 Å². The number of nitro groups is 1. The highest BCUT2D eigenvalue weighted by Crippen LogP contribution is 2.49. The maximum atomic E-state index is 13.7. The van der Waals surface area contributed by atoms with E-state index in [1.54, 1.807) is 24.3 Å². The minimum Gasteiger partial charge on any atom is -0.502 e. The van der Waals surface area contributed by atoms with Gasteiger partial charge in [-0.15, -0.1) is 0 Å². The number of aromatic hydroxyl groups is 1. The fraction of sp³-hybridized carbons (Fsp3) is 0.0370. The van der Waals surface area contributed by atoms with Crippen LogP contribution in [0.5, 0.6) is 5.75 Å². The second-order valence-electron chi connectivity index (χ2n) is 8.43. The lowest BCUT2D eigenvalue weighted by Crippen LogP contribution is -2.36. The molecule has 1 aliphatic heterocycles. The van der Waals surface area contributed by atoms with E-state index in [1.165, 1.54) is 30.3 Å². The average molecular weight is 479 g/mol. The molecule has 3 aliphatic rings. The van der Waals surface area contributed by atoms with Gasteiger partial charge < -0.3 is 9.84 Å². The van der Waals surface area contributed by atoms with Gasteiger partial charge in [0.05, 0.1) is 16.1 Å². The van der Waals surface area contributed by atoms with Crippen molar-refractivity contribution in [3.63, 3.8) is 0 Å². The molecular weight excluding hydrogens is 466 g/mol. The van der Waals surface area contributed by atoms with Crippen LogP contribution in [-0.4, -0.2) is 33.2 Å². The monoisotopic (exact) mass is 479 g/mol. The molecule has 0 spiro atoms. The lowest BCUT2D eigenvalue weighted by molar-refractivity contribution is -0.385. The molecule has 0 fully saturated rings. The zero-order chi connectivity index (χ0) is 25.3. The Bertz CT molecular complexity index is 1580. The molecule has 9 nitrogen and oxygen atoms in total. The van der Waals surface area contributed by atoms with Crippen molar-refractivity contribution in [3.8, 4) is 5.75 Å². The molecule has 2 aliphatic carbocycles. The highest BCUT2D eigenvalue weighted by atomic mass is 16.6. The Morgan fingerprint density at radius 1 is 0.694 bits per heavy atom. The normalized spacial score (nSPS) is 16.8. The number of Topliss-reactive ketones (excluding diaryl/α,β-unsaturated/α-hetero) is 4. The molecule has 1 heterocycles. The molecule has 36 heavy (non-hydrogen) atoms. The van der Waals surface area contributed by atoms with Crippen molar-refractivity contribution in [1.82, 2.24) is 0 Å². The average Bonchev–Trinajstić information content (AvgIpc) is 2.89. The molecule has 3 aromatic carbocycles. The van der Waals surface area contributed by atoms with Crippen LogP contribution in [0.25, 0.3) is 0 Å². The molecule has 0 unspecified atom stereocenters. The summed E-state index contributed by atoms with van der Waals surface area (Å²) in [6.07, 6.45) is 0. The van der Waals surface area contributed by atoms with Crippen LogP contribution < -0.4 is 0 Å². The van der Waals surface area contributed by atoms with Crippen molar-refractivity contribution in [2.24, 2.45) is 0 Å². The number of fused-ring (bicyclic) bond motifs is 2. The fourth-order valence-corrected chi connectivity index (χ4v) is 4.92. The van der Waals surface area contributed by atoms with Crippen LogP contribution in [0.15, 0.2) is 89.4 Å². The molecule has 0 aromatic heterocycles. The van der Waals surface area contributed by atoms with E-state index >= 15 is 0 Å². The lowest BCUT2D eigenvalue weighted by atomic mass is 9.70. The predicted molar refractivity (Wildman–Crippen MR) is 123 cm³/mol. The second-order valence-corrected chi connectivity index (χ2v) is 8.43. The van der Waals surface area contributed by atoms with Gasteiger partial charge in [0.25, 0.3) is 0 Å². The van der Waals surface area contributed by atoms with Crippen LogP contribution in [0.2, 0.25) is 0 Å². The van der Waals surface area contributed by atoms with Crippen molar-refractivity contribution < 1.29 is 33.9 Å². The van der Waals surface area contributed by atoms with Crippen molar-refractivity contribution in [2.75, 3.05) is 0 Å². The first-order valence-electron chi connectivity index (χ1n) is 10.8. The summed E-state index contributed by atoms with van der Waals surface area (Å²) >= 11 is 0. The number of ketones is 4. The summed E-state index contributed by atoms with van der Waals surface area (Å²) in [6.45, 7) is 0. The number of nitro benzene ring substituents is 1. The number of allylic oxidation sites excluding steroid dienone is 4. The zero-order valence-electron chi connectivity index (χ0n) is 18.2. The standard InChI is InChI=1S/C27H13NO8/c29-18-10-9-12(11-17(18)28(34)35)19-20-22(30)13-5-1-3-7-15(13)24(32)26(20)36-27-21(19)23(31)14-6-2-4-8-16(14)25(27)33/h1-11,19,29H. The molecule has 0 amide bonds. The van der Waals surface area contributed by atoms with Gasteiger partial charge in [0.1, 0.15) is 0 Å². The first-order chi connectivity index (χ1) is 17.3. The van der Waals surface area contributed by atoms with Crippen LogP contribution >= 0.6 is 0 Å². The van der Waals surface area contributed by atoms with Gasteiger partial charge in [-0.1, -0.05) is 54.6 Å². The van der Waals surface area contributed by atoms with E-state index < -0.39 is 56.9 Å². The van der Waals surface area contributed by atoms with E-state index in [0.717, 1.165) is 12.1 Å². The van der Waals surface area contributed by atoms with Gasteiger partial charge in [-0.2, -0.15) is 0 Å². The third kappa shape index (κ3) is 2.76. The largest absolute Gasteiger partial charge is 0.502 e. The van der Waals surface area contributed by atoms with Gasteiger partial charge in [0.2, 0.25) is 11.6 Å². The fourth-order valence-electron chi connectivity index (χ4n) is 4.92. The Labute approximate surface area is 202 Å². The molecule has 3 aromatic rings. The maximum Gasteiger partial charge on any atom is 0.310 e. The molecule has 6 rings (SSSR count). The third-order valence-electron chi connectivity index (χ3n) is 6.53. The summed E-state index contributed by atoms with van der Waals surface area (Å²) in [6, 6.07) is 15.5. The first-order valence-corrected chi connectivity index (χ1v) is 10.8. The number of ether oxygens (including phenoxy) is 1. The van der Waals surface area contributed by atoms with E-state index in [4.69, 9.17) is 4.74 Å². The Kier molecular flexibility index (Phi) is 4.40. The lowest BCUT2D eigenvalue weighted by Gasteiger charge is -2.35. The molecule has 9 heteroatoms. The van der Waals surface area contributed by atoms with Crippen LogP contribution in [-0.2, 0) is 4.74 Å². The Morgan fingerprint density at radius 2 is 1.14 bits per heavy atom. The number of hydrogen-bond donors (Lipinski definition) is 1. The summed E-state index contributed by atoms with van der Waals surface area (Å²) in [4.78, 5) is 64.9. The van der Waals surface area contributed by atoms with Gasteiger partial charge in [-0.25, -0.2) is 0 Å². The summed E-state index contributed by atoms with van der Waals surface area (Å²) < 4.78 is 5.76. The van der Waals surface area contributed by atoms with Crippen molar-refractivity contribution in [1.29, 1.82) is 0 Å². The molecule has 0 saturated carbocycles. The molecule has 174 valence electrons. The highest BCUT2D eigenvalue weighted by molar-refractivity contribution is 6.32. The second kappa shape index (κ2) is 7.41. The van der Waals surface area contributed by atoms with Crippen LogP contribution in [0, 0.1) is 10.1 Å². The van der Waals surface area contributed by atoms with Gasteiger partial charge in [0, 0.05) is 34.2 Å². The SMILES string of the molecule is O=C1C2=C(C(=O)c3ccccc31)C(c1ccc(O)c([N+](=O)[O-])c1)C1=C(O2)C(=O)c2ccccc2C1=O. The minimum absolute atomic E-state index is 0.0730.